The molecule has 122 valence electrons. The Labute approximate surface area is 128 Å². The summed E-state index contributed by atoms with van der Waals surface area (Å²) in [7, 11) is 1.88. The van der Waals surface area contributed by atoms with Crippen molar-refractivity contribution in [2.45, 2.75) is 76.8 Å². The Balaban J connectivity index is 2.70. The zero-order chi connectivity index (χ0) is 16.1. The molecular weight excluding hydrogens is 268 g/mol. The highest BCUT2D eigenvalue weighted by Crippen LogP contribution is 2.35. The second-order valence-electron chi connectivity index (χ2n) is 7.00. The van der Waals surface area contributed by atoms with E-state index in [0.717, 1.165) is 38.5 Å². The van der Waals surface area contributed by atoms with Gasteiger partial charge >= 0.3 is 5.97 Å². The van der Waals surface area contributed by atoms with Crippen molar-refractivity contribution in [2.24, 2.45) is 0 Å². The molecule has 1 saturated carbocycles. The van der Waals surface area contributed by atoms with Gasteiger partial charge in [-0.3, -0.25) is 14.5 Å². The Kier molecular flexibility index (Phi) is 6.20. The predicted molar refractivity (Wildman–Crippen MR) is 83.2 cm³/mol. The minimum Gasteiger partial charge on any atom is -0.481 e. The van der Waals surface area contributed by atoms with Gasteiger partial charge in [0.25, 0.3) is 0 Å². The van der Waals surface area contributed by atoms with Crippen LogP contribution in [0.15, 0.2) is 0 Å². The van der Waals surface area contributed by atoms with E-state index in [1.807, 2.05) is 32.7 Å². The Bertz CT molecular complexity index is 374. The lowest BCUT2D eigenvalue weighted by Gasteiger charge is -2.44. The molecular formula is C16H30N2O3. The van der Waals surface area contributed by atoms with Crippen molar-refractivity contribution in [2.75, 3.05) is 13.6 Å². The minimum absolute atomic E-state index is 0.0281. The number of likely N-dealkylation sites (N-methyl/N-ethyl adjacent to an activating group) is 1. The molecule has 0 heterocycles. The molecule has 1 aliphatic carbocycles. The first-order valence-electron chi connectivity index (χ1n) is 7.95. The van der Waals surface area contributed by atoms with E-state index < -0.39 is 5.97 Å². The van der Waals surface area contributed by atoms with Gasteiger partial charge in [0.05, 0.1) is 13.0 Å². The molecule has 0 bridgehead atoms. The van der Waals surface area contributed by atoms with Crippen LogP contribution in [0, 0.1) is 0 Å². The number of amides is 1. The highest BCUT2D eigenvalue weighted by Gasteiger charge is 2.39. The van der Waals surface area contributed by atoms with Crippen molar-refractivity contribution in [1.82, 2.24) is 10.2 Å². The normalized spacial score (nSPS) is 18.5. The maximum Gasteiger partial charge on any atom is 0.305 e. The lowest BCUT2D eigenvalue weighted by Crippen LogP contribution is -2.54. The zero-order valence-electron chi connectivity index (χ0n) is 13.9. The molecule has 0 aromatic carbocycles. The van der Waals surface area contributed by atoms with Gasteiger partial charge in [-0.15, -0.1) is 0 Å². The van der Waals surface area contributed by atoms with E-state index in [1.54, 1.807) is 0 Å². The van der Waals surface area contributed by atoms with Gasteiger partial charge in [0, 0.05) is 11.1 Å². The molecule has 0 atom stereocenters. The third-order valence-electron chi connectivity index (χ3n) is 4.82. The smallest absolute Gasteiger partial charge is 0.305 e. The molecule has 21 heavy (non-hydrogen) atoms. The molecule has 0 saturated heterocycles. The van der Waals surface area contributed by atoms with Crippen LogP contribution in [0.2, 0.25) is 0 Å². The fourth-order valence-electron chi connectivity index (χ4n) is 3.07. The summed E-state index contributed by atoms with van der Waals surface area (Å²) in [6.07, 6.45) is 5.95. The van der Waals surface area contributed by atoms with Crippen molar-refractivity contribution < 1.29 is 14.7 Å². The molecule has 5 heteroatoms. The SMILES string of the molecule is CCC(C)(C)NC(=O)CN(C)C1(CC(=O)O)CCCCC1. The van der Waals surface area contributed by atoms with E-state index in [2.05, 4.69) is 5.32 Å². The second kappa shape index (κ2) is 7.25. The number of nitrogens with zero attached hydrogens (tertiary/aromatic N) is 1. The van der Waals surface area contributed by atoms with E-state index in [4.69, 9.17) is 0 Å². The molecule has 5 nitrogen and oxygen atoms in total. The molecule has 0 radical (unpaired) electrons. The van der Waals surface area contributed by atoms with Crippen LogP contribution < -0.4 is 5.32 Å². The third-order valence-corrected chi connectivity index (χ3v) is 4.82. The maximum atomic E-state index is 12.2. The summed E-state index contributed by atoms with van der Waals surface area (Å²) < 4.78 is 0. The summed E-state index contributed by atoms with van der Waals surface area (Å²) in [5, 5.41) is 12.2. The molecule has 0 unspecified atom stereocenters. The molecule has 0 aromatic rings. The van der Waals surface area contributed by atoms with Crippen molar-refractivity contribution in [3.05, 3.63) is 0 Å². The fourth-order valence-corrected chi connectivity index (χ4v) is 3.07. The highest BCUT2D eigenvalue weighted by molar-refractivity contribution is 5.79. The van der Waals surface area contributed by atoms with Gasteiger partial charge in [-0.1, -0.05) is 26.2 Å². The van der Waals surface area contributed by atoms with Crippen LogP contribution in [0.25, 0.3) is 0 Å². The standard InChI is InChI=1S/C16H30N2O3/c1-5-15(2,3)17-13(19)12-18(4)16(11-14(20)21)9-7-6-8-10-16/h5-12H2,1-4H3,(H,17,19)(H,20,21). The number of carboxylic acids is 1. The molecule has 1 fully saturated rings. The Hall–Kier alpha value is -1.10. The highest BCUT2D eigenvalue weighted by atomic mass is 16.4. The van der Waals surface area contributed by atoms with Crippen LogP contribution >= 0.6 is 0 Å². The number of carboxylic acid groups (broad SMARTS) is 1. The van der Waals surface area contributed by atoms with E-state index >= 15 is 0 Å². The largest absolute Gasteiger partial charge is 0.481 e. The number of hydrogen-bond donors (Lipinski definition) is 2. The molecule has 1 amide bonds. The van der Waals surface area contributed by atoms with Crippen LogP contribution in [0.1, 0.15) is 65.7 Å². The fraction of sp³-hybridized carbons (Fsp3) is 0.875. The van der Waals surface area contributed by atoms with E-state index in [0.29, 0.717) is 0 Å². The summed E-state index contributed by atoms with van der Waals surface area (Å²) in [6, 6.07) is 0. The second-order valence-corrected chi connectivity index (χ2v) is 7.00. The number of rotatable bonds is 7. The molecule has 0 spiro atoms. The molecule has 0 aliphatic heterocycles. The lowest BCUT2D eigenvalue weighted by atomic mass is 9.78. The zero-order valence-corrected chi connectivity index (χ0v) is 13.9. The number of carbonyl (C=O) groups is 2. The molecule has 1 aliphatic rings. The Morgan fingerprint density at radius 1 is 1.24 bits per heavy atom. The summed E-state index contributed by atoms with van der Waals surface area (Å²) in [4.78, 5) is 25.4. The lowest BCUT2D eigenvalue weighted by molar-refractivity contribution is -0.142. The van der Waals surface area contributed by atoms with Gasteiger partial charge in [-0.05, 0) is 40.2 Å². The first kappa shape index (κ1) is 18.0. The summed E-state index contributed by atoms with van der Waals surface area (Å²) in [6.45, 7) is 6.30. The number of nitrogens with one attached hydrogen (secondary N) is 1. The first-order valence-corrected chi connectivity index (χ1v) is 7.95. The van der Waals surface area contributed by atoms with E-state index in [-0.39, 0.29) is 30.0 Å². The Morgan fingerprint density at radius 3 is 2.29 bits per heavy atom. The van der Waals surface area contributed by atoms with E-state index in [9.17, 15) is 14.7 Å². The predicted octanol–water partition coefficient (Wildman–Crippen LogP) is 2.40. The van der Waals surface area contributed by atoms with Crippen LogP contribution in [0.4, 0.5) is 0 Å². The topological polar surface area (TPSA) is 69.6 Å². The van der Waals surface area contributed by atoms with Gasteiger partial charge < -0.3 is 10.4 Å². The van der Waals surface area contributed by atoms with Crippen molar-refractivity contribution in [1.29, 1.82) is 0 Å². The monoisotopic (exact) mass is 298 g/mol. The van der Waals surface area contributed by atoms with Crippen molar-refractivity contribution in [3.8, 4) is 0 Å². The number of carbonyl (C=O) groups excluding carboxylic acids is 1. The summed E-state index contributed by atoms with van der Waals surface area (Å²) >= 11 is 0. The average Bonchev–Trinajstić information content (AvgIpc) is 2.38. The summed E-state index contributed by atoms with van der Waals surface area (Å²) in [5.41, 5.74) is -0.581. The number of hydrogen-bond acceptors (Lipinski definition) is 3. The van der Waals surface area contributed by atoms with Crippen molar-refractivity contribution in [3.63, 3.8) is 0 Å². The van der Waals surface area contributed by atoms with Crippen LogP contribution in [0.3, 0.4) is 0 Å². The van der Waals surface area contributed by atoms with Crippen LogP contribution in [0.5, 0.6) is 0 Å². The van der Waals surface area contributed by atoms with E-state index in [1.165, 1.54) is 0 Å². The van der Waals surface area contributed by atoms with Gasteiger partial charge in [0.2, 0.25) is 5.91 Å². The quantitative estimate of drug-likeness (QED) is 0.757. The van der Waals surface area contributed by atoms with Crippen molar-refractivity contribution >= 4 is 11.9 Å². The van der Waals surface area contributed by atoms with Gasteiger partial charge in [0.15, 0.2) is 0 Å². The van der Waals surface area contributed by atoms with Crippen LogP contribution in [-0.4, -0.2) is 46.6 Å². The van der Waals surface area contributed by atoms with Gasteiger partial charge in [-0.2, -0.15) is 0 Å². The maximum absolute atomic E-state index is 12.2. The first-order chi connectivity index (χ1) is 9.71. The molecule has 1 rings (SSSR count). The van der Waals surface area contributed by atoms with Gasteiger partial charge in [-0.25, -0.2) is 0 Å². The molecule has 0 aromatic heterocycles. The summed E-state index contributed by atoms with van der Waals surface area (Å²) in [5.74, 6) is -0.808. The third kappa shape index (κ3) is 5.30. The van der Waals surface area contributed by atoms with Gasteiger partial charge in [0.1, 0.15) is 0 Å². The average molecular weight is 298 g/mol. The molecule has 2 N–H and O–H groups in total. The Morgan fingerprint density at radius 2 is 1.81 bits per heavy atom. The minimum atomic E-state index is -0.780. The van der Waals surface area contributed by atoms with Crippen LogP contribution in [-0.2, 0) is 9.59 Å². The number of aliphatic carboxylic acids is 1.